The van der Waals surface area contributed by atoms with Gasteiger partial charge in [0.1, 0.15) is 11.1 Å². The molecule has 1 aromatic heterocycles. The standard InChI is InChI=1S/C13H12Cl2O/c1-8-3-4-9(2)10(7-8)13(15)11-5-6-12(14)16-11/h3-7,13H,1-2H3. The summed E-state index contributed by atoms with van der Waals surface area (Å²) in [6.45, 7) is 4.08. The summed E-state index contributed by atoms with van der Waals surface area (Å²) < 4.78 is 5.33. The van der Waals surface area contributed by atoms with E-state index in [0.29, 0.717) is 11.0 Å². The van der Waals surface area contributed by atoms with Crippen molar-refractivity contribution in [1.82, 2.24) is 0 Å². The number of hydrogen-bond acceptors (Lipinski definition) is 1. The van der Waals surface area contributed by atoms with Gasteiger partial charge in [-0.3, -0.25) is 0 Å². The fraction of sp³-hybridized carbons (Fsp3) is 0.231. The molecule has 0 radical (unpaired) electrons. The van der Waals surface area contributed by atoms with Gasteiger partial charge >= 0.3 is 0 Å². The van der Waals surface area contributed by atoms with Gasteiger partial charge in [0.25, 0.3) is 0 Å². The molecule has 2 aromatic rings. The fourth-order valence-electron chi connectivity index (χ4n) is 1.65. The molecule has 0 fully saturated rings. The monoisotopic (exact) mass is 254 g/mol. The normalized spacial score (nSPS) is 12.8. The first kappa shape index (κ1) is 11.6. The summed E-state index contributed by atoms with van der Waals surface area (Å²) in [6.07, 6.45) is 0. The molecule has 0 bridgehead atoms. The van der Waals surface area contributed by atoms with Crippen molar-refractivity contribution in [2.45, 2.75) is 19.2 Å². The predicted octanol–water partition coefficient (Wildman–Crippen LogP) is 4.88. The molecule has 1 atom stereocenters. The number of furan rings is 1. The van der Waals surface area contributed by atoms with E-state index < -0.39 is 0 Å². The van der Waals surface area contributed by atoms with Gasteiger partial charge in [-0.25, -0.2) is 0 Å². The molecule has 0 saturated carbocycles. The van der Waals surface area contributed by atoms with Crippen molar-refractivity contribution in [3.8, 4) is 0 Å². The van der Waals surface area contributed by atoms with Crippen LogP contribution in [0.25, 0.3) is 0 Å². The van der Waals surface area contributed by atoms with Gasteiger partial charge in [-0.05, 0) is 48.7 Å². The van der Waals surface area contributed by atoms with Crippen LogP contribution in [-0.2, 0) is 0 Å². The van der Waals surface area contributed by atoms with Gasteiger partial charge in [0.15, 0.2) is 5.22 Å². The molecule has 1 unspecified atom stereocenters. The van der Waals surface area contributed by atoms with Crippen LogP contribution in [0.4, 0.5) is 0 Å². The Morgan fingerprint density at radius 1 is 1.12 bits per heavy atom. The Labute approximate surface area is 105 Å². The van der Waals surface area contributed by atoms with Crippen molar-refractivity contribution in [3.63, 3.8) is 0 Å². The van der Waals surface area contributed by atoms with E-state index in [9.17, 15) is 0 Å². The van der Waals surface area contributed by atoms with E-state index in [0.717, 1.165) is 11.1 Å². The largest absolute Gasteiger partial charge is 0.448 e. The van der Waals surface area contributed by atoms with Crippen LogP contribution in [0.2, 0.25) is 5.22 Å². The average Bonchev–Trinajstić information content (AvgIpc) is 2.67. The quantitative estimate of drug-likeness (QED) is 0.697. The van der Waals surface area contributed by atoms with E-state index in [-0.39, 0.29) is 5.38 Å². The van der Waals surface area contributed by atoms with Crippen LogP contribution in [0.3, 0.4) is 0 Å². The Hall–Kier alpha value is -0.920. The van der Waals surface area contributed by atoms with Crippen LogP contribution in [0, 0.1) is 13.8 Å². The van der Waals surface area contributed by atoms with Gasteiger partial charge in [-0.1, -0.05) is 23.8 Å². The number of benzene rings is 1. The van der Waals surface area contributed by atoms with Crippen LogP contribution >= 0.6 is 23.2 Å². The minimum Gasteiger partial charge on any atom is -0.448 e. The Balaban J connectivity index is 2.40. The zero-order valence-electron chi connectivity index (χ0n) is 9.13. The second kappa shape index (κ2) is 4.52. The third-order valence-electron chi connectivity index (χ3n) is 2.55. The molecular weight excluding hydrogens is 243 g/mol. The van der Waals surface area contributed by atoms with E-state index in [1.54, 1.807) is 6.07 Å². The lowest BCUT2D eigenvalue weighted by Crippen LogP contribution is -1.95. The number of aryl methyl sites for hydroxylation is 2. The predicted molar refractivity (Wildman–Crippen MR) is 67.3 cm³/mol. The molecule has 3 heteroatoms. The van der Waals surface area contributed by atoms with E-state index >= 15 is 0 Å². The van der Waals surface area contributed by atoms with Crippen molar-refractivity contribution in [2.75, 3.05) is 0 Å². The molecule has 0 amide bonds. The Morgan fingerprint density at radius 2 is 1.88 bits per heavy atom. The average molecular weight is 255 g/mol. The number of rotatable bonds is 2. The van der Waals surface area contributed by atoms with Gasteiger partial charge in [-0.15, -0.1) is 11.6 Å². The van der Waals surface area contributed by atoms with Crippen LogP contribution in [-0.4, -0.2) is 0 Å². The highest BCUT2D eigenvalue weighted by atomic mass is 35.5. The van der Waals surface area contributed by atoms with Gasteiger partial charge in [0.05, 0.1) is 0 Å². The zero-order chi connectivity index (χ0) is 11.7. The molecule has 0 N–H and O–H groups in total. The highest BCUT2D eigenvalue weighted by Crippen LogP contribution is 2.33. The summed E-state index contributed by atoms with van der Waals surface area (Å²) in [5.41, 5.74) is 3.40. The smallest absolute Gasteiger partial charge is 0.193 e. The Bertz CT molecular complexity index is 502. The summed E-state index contributed by atoms with van der Waals surface area (Å²) in [7, 11) is 0. The Kier molecular flexibility index (Phi) is 3.27. The molecule has 0 saturated heterocycles. The molecule has 1 aromatic carbocycles. The van der Waals surface area contributed by atoms with Gasteiger partial charge in [-0.2, -0.15) is 0 Å². The zero-order valence-corrected chi connectivity index (χ0v) is 10.6. The van der Waals surface area contributed by atoms with Crippen LogP contribution in [0.1, 0.15) is 27.8 Å². The molecule has 0 spiro atoms. The molecule has 84 valence electrons. The van der Waals surface area contributed by atoms with Crippen molar-refractivity contribution in [2.24, 2.45) is 0 Å². The molecule has 0 aliphatic carbocycles. The maximum Gasteiger partial charge on any atom is 0.193 e. The molecule has 0 aliphatic heterocycles. The van der Waals surface area contributed by atoms with Gasteiger partial charge < -0.3 is 4.42 Å². The maximum absolute atomic E-state index is 6.37. The summed E-state index contributed by atoms with van der Waals surface area (Å²) >= 11 is 12.1. The first-order valence-corrected chi connectivity index (χ1v) is 5.86. The van der Waals surface area contributed by atoms with Gasteiger partial charge in [0, 0.05) is 0 Å². The first-order chi connectivity index (χ1) is 7.58. The third kappa shape index (κ3) is 2.26. The third-order valence-corrected chi connectivity index (χ3v) is 3.20. The summed E-state index contributed by atoms with van der Waals surface area (Å²) in [5, 5.41) is 0.0818. The van der Waals surface area contributed by atoms with E-state index in [1.165, 1.54) is 5.56 Å². The molecule has 1 heterocycles. The number of hydrogen-bond donors (Lipinski definition) is 0. The van der Waals surface area contributed by atoms with E-state index in [4.69, 9.17) is 27.6 Å². The van der Waals surface area contributed by atoms with Crippen molar-refractivity contribution >= 4 is 23.2 Å². The lowest BCUT2D eigenvalue weighted by atomic mass is 10.0. The van der Waals surface area contributed by atoms with E-state index in [1.807, 2.05) is 19.9 Å². The lowest BCUT2D eigenvalue weighted by molar-refractivity contribution is 0.518. The highest BCUT2D eigenvalue weighted by Gasteiger charge is 2.16. The number of alkyl halides is 1. The summed E-state index contributed by atoms with van der Waals surface area (Å²) in [5.74, 6) is 0.681. The molecule has 2 rings (SSSR count). The van der Waals surface area contributed by atoms with Crippen molar-refractivity contribution in [1.29, 1.82) is 0 Å². The molecule has 16 heavy (non-hydrogen) atoms. The Morgan fingerprint density at radius 3 is 2.50 bits per heavy atom. The van der Waals surface area contributed by atoms with Crippen LogP contribution in [0.5, 0.6) is 0 Å². The second-order valence-corrected chi connectivity index (χ2v) is 4.67. The molecular formula is C13H12Cl2O. The van der Waals surface area contributed by atoms with Crippen LogP contribution in [0.15, 0.2) is 34.7 Å². The highest BCUT2D eigenvalue weighted by molar-refractivity contribution is 6.29. The minimum absolute atomic E-state index is 0.285. The SMILES string of the molecule is Cc1ccc(C)c(C(Cl)c2ccc(Cl)o2)c1. The van der Waals surface area contributed by atoms with Crippen LogP contribution < -0.4 is 0 Å². The van der Waals surface area contributed by atoms with E-state index in [2.05, 4.69) is 18.2 Å². The van der Waals surface area contributed by atoms with Crippen molar-refractivity contribution in [3.05, 3.63) is 58.0 Å². The molecule has 1 nitrogen and oxygen atoms in total. The topological polar surface area (TPSA) is 13.1 Å². The first-order valence-electron chi connectivity index (χ1n) is 5.04. The maximum atomic E-state index is 6.37. The molecule has 0 aliphatic rings. The fourth-order valence-corrected chi connectivity index (χ4v) is 2.16. The van der Waals surface area contributed by atoms with Gasteiger partial charge in [0.2, 0.25) is 0 Å². The summed E-state index contributed by atoms with van der Waals surface area (Å²) in [6, 6.07) is 9.71. The number of halogens is 2. The second-order valence-electron chi connectivity index (χ2n) is 3.86. The minimum atomic E-state index is -0.285. The van der Waals surface area contributed by atoms with Crippen molar-refractivity contribution < 1.29 is 4.42 Å². The lowest BCUT2D eigenvalue weighted by Gasteiger charge is -2.11. The summed E-state index contributed by atoms with van der Waals surface area (Å²) in [4.78, 5) is 0.